The summed E-state index contributed by atoms with van der Waals surface area (Å²) in [5.74, 6) is 0.158. The standard InChI is InChI=1S/C16H14ClFO/c1-19-15-7-6-11(9-14(15)18)16(17)13-8-10-4-2-3-5-12(10)13/h2-7,9,13,16H,8H2,1H3. The van der Waals surface area contributed by atoms with E-state index >= 15 is 0 Å². The second-order valence-corrected chi connectivity index (χ2v) is 5.28. The van der Waals surface area contributed by atoms with Crippen LogP contribution in [-0.2, 0) is 6.42 Å². The van der Waals surface area contributed by atoms with E-state index in [0.717, 1.165) is 12.0 Å². The summed E-state index contributed by atoms with van der Waals surface area (Å²) in [5, 5.41) is -0.199. The summed E-state index contributed by atoms with van der Waals surface area (Å²) in [6.07, 6.45) is 0.956. The van der Waals surface area contributed by atoms with Crippen LogP contribution in [0.1, 0.15) is 28.0 Å². The molecule has 1 nitrogen and oxygen atoms in total. The molecule has 0 bridgehead atoms. The van der Waals surface area contributed by atoms with E-state index in [2.05, 4.69) is 12.1 Å². The maximum atomic E-state index is 13.7. The Morgan fingerprint density at radius 3 is 2.74 bits per heavy atom. The van der Waals surface area contributed by atoms with Crippen LogP contribution in [0.25, 0.3) is 0 Å². The molecule has 2 atom stereocenters. The van der Waals surface area contributed by atoms with Crippen molar-refractivity contribution in [2.75, 3.05) is 7.11 Å². The minimum atomic E-state index is -0.363. The third kappa shape index (κ3) is 2.10. The Morgan fingerprint density at radius 1 is 1.26 bits per heavy atom. The van der Waals surface area contributed by atoms with Gasteiger partial charge >= 0.3 is 0 Å². The monoisotopic (exact) mass is 276 g/mol. The van der Waals surface area contributed by atoms with Crippen molar-refractivity contribution < 1.29 is 9.13 Å². The number of hydrogen-bond donors (Lipinski definition) is 0. The first-order valence-electron chi connectivity index (χ1n) is 6.26. The van der Waals surface area contributed by atoms with Crippen LogP contribution >= 0.6 is 11.6 Å². The van der Waals surface area contributed by atoms with E-state index in [4.69, 9.17) is 16.3 Å². The average molecular weight is 277 g/mol. The SMILES string of the molecule is COc1ccc(C(Cl)C2Cc3ccccc32)cc1F. The summed E-state index contributed by atoms with van der Waals surface area (Å²) in [6.45, 7) is 0. The molecule has 1 aliphatic rings. The van der Waals surface area contributed by atoms with Gasteiger partial charge < -0.3 is 4.74 Å². The molecule has 0 aliphatic heterocycles. The van der Waals surface area contributed by atoms with E-state index < -0.39 is 0 Å². The van der Waals surface area contributed by atoms with Gasteiger partial charge in [-0.15, -0.1) is 11.6 Å². The quantitative estimate of drug-likeness (QED) is 0.753. The molecule has 0 saturated carbocycles. The van der Waals surface area contributed by atoms with Gasteiger partial charge in [0.25, 0.3) is 0 Å². The zero-order valence-corrected chi connectivity index (χ0v) is 11.3. The zero-order chi connectivity index (χ0) is 13.4. The van der Waals surface area contributed by atoms with Crippen molar-refractivity contribution in [3.63, 3.8) is 0 Å². The lowest BCUT2D eigenvalue weighted by Crippen LogP contribution is -2.21. The molecule has 0 saturated heterocycles. The Balaban J connectivity index is 1.86. The van der Waals surface area contributed by atoms with Gasteiger partial charge in [-0.3, -0.25) is 0 Å². The van der Waals surface area contributed by atoms with Gasteiger partial charge in [0.05, 0.1) is 12.5 Å². The van der Waals surface area contributed by atoms with Gasteiger partial charge in [-0.25, -0.2) is 4.39 Å². The Bertz CT molecular complexity index is 611. The van der Waals surface area contributed by atoms with Gasteiger partial charge in [0.2, 0.25) is 0 Å². The maximum absolute atomic E-state index is 13.7. The summed E-state index contributed by atoms with van der Waals surface area (Å²) in [7, 11) is 1.46. The van der Waals surface area contributed by atoms with Gasteiger partial charge in [-0.05, 0) is 35.2 Å². The van der Waals surface area contributed by atoms with Crippen molar-refractivity contribution >= 4 is 11.6 Å². The van der Waals surface area contributed by atoms with Crippen LogP contribution in [0.5, 0.6) is 5.75 Å². The van der Waals surface area contributed by atoms with Crippen LogP contribution in [0.3, 0.4) is 0 Å². The molecular formula is C16H14ClFO. The molecule has 0 heterocycles. The highest BCUT2D eigenvalue weighted by molar-refractivity contribution is 6.21. The molecule has 0 N–H and O–H groups in total. The summed E-state index contributed by atoms with van der Waals surface area (Å²) in [4.78, 5) is 0. The Hall–Kier alpha value is -1.54. The molecule has 0 aromatic heterocycles. The van der Waals surface area contributed by atoms with E-state index in [1.54, 1.807) is 6.07 Å². The third-order valence-corrected chi connectivity index (χ3v) is 4.30. The minimum Gasteiger partial charge on any atom is -0.494 e. The molecular weight excluding hydrogens is 263 g/mol. The van der Waals surface area contributed by atoms with Crippen LogP contribution in [0, 0.1) is 5.82 Å². The maximum Gasteiger partial charge on any atom is 0.165 e. The molecule has 0 fully saturated rings. The normalized spacial score (nSPS) is 18.4. The molecule has 19 heavy (non-hydrogen) atoms. The predicted octanol–water partition coefficient (Wildman–Crippen LogP) is 4.45. The summed E-state index contributed by atoms with van der Waals surface area (Å²) in [5.41, 5.74) is 3.42. The second-order valence-electron chi connectivity index (χ2n) is 4.81. The highest BCUT2D eigenvalue weighted by Gasteiger charge is 2.32. The Kier molecular flexibility index (Phi) is 3.19. The van der Waals surface area contributed by atoms with E-state index in [0.29, 0.717) is 0 Å². The van der Waals surface area contributed by atoms with Gasteiger partial charge in [-0.1, -0.05) is 30.3 Å². The second kappa shape index (κ2) is 4.86. The lowest BCUT2D eigenvalue weighted by atomic mass is 9.74. The largest absolute Gasteiger partial charge is 0.494 e. The van der Waals surface area contributed by atoms with Crippen LogP contribution in [0.2, 0.25) is 0 Å². The summed E-state index contributed by atoms with van der Waals surface area (Å²) >= 11 is 6.50. The van der Waals surface area contributed by atoms with E-state index in [9.17, 15) is 4.39 Å². The molecule has 0 spiro atoms. The van der Waals surface area contributed by atoms with Crippen LogP contribution in [0.4, 0.5) is 4.39 Å². The first-order chi connectivity index (χ1) is 9.20. The molecule has 2 aromatic carbocycles. The number of ether oxygens (including phenoxy) is 1. The summed E-state index contributed by atoms with van der Waals surface area (Å²) < 4.78 is 18.6. The molecule has 0 radical (unpaired) electrons. The zero-order valence-electron chi connectivity index (χ0n) is 10.6. The predicted molar refractivity (Wildman–Crippen MR) is 74.4 cm³/mol. The minimum absolute atomic E-state index is 0.199. The molecule has 2 aromatic rings. The van der Waals surface area contributed by atoms with Gasteiger partial charge in [0.1, 0.15) is 0 Å². The fourth-order valence-corrected chi connectivity index (χ4v) is 3.01. The molecule has 98 valence electrons. The first-order valence-corrected chi connectivity index (χ1v) is 6.69. The number of halogens is 2. The van der Waals surface area contributed by atoms with Gasteiger partial charge in [-0.2, -0.15) is 0 Å². The molecule has 1 aliphatic carbocycles. The van der Waals surface area contributed by atoms with E-state index in [-0.39, 0.29) is 22.9 Å². The molecule has 3 rings (SSSR count). The molecule has 3 heteroatoms. The fraction of sp³-hybridized carbons (Fsp3) is 0.250. The molecule has 2 unspecified atom stereocenters. The average Bonchev–Trinajstić information content (AvgIpc) is 2.40. The smallest absolute Gasteiger partial charge is 0.165 e. The Morgan fingerprint density at radius 2 is 2.05 bits per heavy atom. The lowest BCUT2D eigenvalue weighted by Gasteiger charge is -2.33. The lowest BCUT2D eigenvalue weighted by molar-refractivity contribution is 0.386. The fourth-order valence-electron chi connectivity index (χ4n) is 2.65. The first kappa shape index (κ1) is 12.5. The van der Waals surface area contributed by atoms with Crippen molar-refractivity contribution in [3.05, 3.63) is 65.0 Å². The topological polar surface area (TPSA) is 9.23 Å². The van der Waals surface area contributed by atoms with E-state index in [1.165, 1.54) is 24.3 Å². The van der Waals surface area contributed by atoms with E-state index in [1.807, 2.05) is 18.2 Å². The molecule has 0 amide bonds. The van der Waals surface area contributed by atoms with Crippen LogP contribution < -0.4 is 4.74 Å². The van der Waals surface area contributed by atoms with Crippen molar-refractivity contribution in [1.82, 2.24) is 0 Å². The van der Waals surface area contributed by atoms with Crippen molar-refractivity contribution in [1.29, 1.82) is 0 Å². The number of methoxy groups -OCH3 is 1. The number of rotatable bonds is 3. The Labute approximate surface area is 117 Å². The number of benzene rings is 2. The van der Waals surface area contributed by atoms with Crippen LogP contribution in [-0.4, -0.2) is 7.11 Å². The van der Waals surface area contributed by atoms with Crippen molar-refractivity contribution in [3.8, 4) is 5.75 Å². The number of hydrogen-bond acceptors (Lipinski definition) is 1. The number of fused-ring (bicyclic) bond motifs is 1. The highest BCUT2D eigenvalue weighted by atomic mass is 35.5. The third-order valence-electron chi connectivity index (χ3n) is 3.74. The highest BCUT2D eigenvalue weighted by Crippen LogP contribution is 2.47. The van der Waals surface area contributed by atoms with Crippen LogP contribution in [0.15, 0.2) is 42.5 Å². The van der Waals surface area contributed by atoms with Crippen molar-refractivity contribution in [2.45, 2.75) is 17.7 Å². The number of alkyl halides is 1. The van der Waals surface area contributed by atoms with Crippen molar-refractivity contribution in [2.24, 2.45) is 0 Å². The van der Waals surface area contributed by atoms with Gasteiger partial charge in [0, 0.05) is 5.92 Å². The van der Waals surface area contributed by atoms with Gasteiger partial charge in [0.15, 0.2) is 11.6 Å². The summed E-state index contributed by atoms with van der Waals surface area (Å²) in [6, 6.07) is 13.2.